The number of benzene rings is 2. The zero-order valence-electron chi connectivity index (χ0n) is 16.4. The van der Waals surface area contributed by atoms with E-state index in [4.69, 9.17) is 4.42 Å². The van der Waals surface area contributed by atoms with E-state index in [1.54, 1.807) is 0 Å². The molecule has 0 aliphatic carbocycles. The first-order valence-corrected chi connectivity index (χ1v) is 10.4. The van der Waals surface area contributed by atoms with Gasteiger partial charge in [0.1, 0.15) is 11.5 Å². The predicted molar refractivity (Wildman–Crippen MR) is 110 cm³/mol. The zero-order chi connectivity index (χ0) is 19.6. The van der Waals surface area contributed by atoms with Crippen LogP contribution in [0.1, 0.15) is 47.4 Å². The molecule has 3 heterocycles. The Morgan fingerprint density at radius 3 is 2.62 bits per heavy atom. The standard InChI is InChI=1S/C24H25N3O2/c28-24(20-12-11-19(25-20)18-9-5-2-6-10-18)27-14-13-22-21(16-27)26-23(29-22)15-17-7-3-1-4-8-17/h1-10,19-20,25H,11-16H2/t19-,20-/m1/s1. The zero-order valence-corrected chi connectivity index (χ0v) is 16.4. The van der Waals surface area contributed by atoms with Crippen molar-refractivity contribution in [2.24, 2.45) is 0 Å². The molecule has 1 aromatic heterocycles. The van der Waals surface area contributed by atoms with Crippen LogP contribution in [0, 0.1) is 0 Å². The maximum absolute atomic E-state index is 13.1. The highest BCUT2D eigenvalue weighted by molar-refractivity contribution is 5.82. The Balaban J connectivity index is 1.23. The van der Waals surface area contributed by atoms with Crippen LogP contribution >= 0.6 is 0 Å². The summed E-state index contributed by atoms with van der Waals surface area (Å²) < 4.78 is 5.97. The molecule has 0 spiro atoms. The van der Waals surface area contributed by atoms with Gasteiger partial charge in [0.05, 0.1) is 12.6 Å². The Morgan fingerprint density at radius 1 is 1.07 bits per heavy atom. The molecule has 3 aromatic rings. The van der Waals surface area contributed by atoms with Gasteiger partial charge in [-0.05, 0) is 24.0 Å². The predicted octanol–water partition coefficient (Wildman–Crippen LogP) is 3.64. The van der Waals surface area contributed by atoms with Crippen LogP contribution in [0.3, 0.4) is 0 Å². The van der Waals surface area contributed by atoms with Gasteiger partial charge in [-0.2, -0.15) is 0 Å². The van der Waals surface area contributed by atoms with Gasteiger partial charge in [-0.15, -0.1) is 0 Å². The van der Waals surface area contributed by atoms with E-state index in [-0.39, 0.29) is 18.0 Å². The number of carbonyl (C=O) groups excluding carboxylic acids is 1. The highest BCUT2D eigenvalue weighted by atomic mass is 16.4. The minimum absolute atomic E-state index is 0.113. The largest absolute Gasteiger partial charge is 0.445 e. The number of amides is 1. The van der Waals surface area contributed by atoms with Gasteiger partial charge in [-0.3, -0.25) is 10.1 Å². The van der Waals surface area contributed by atoms with Crippen LogP contribution in [0.5, 0.6) is 0 Å². The van der Waals surface area contributed by atoms with Gasteiger partial charge in [0.25, 0.3) is 0 Å². The second-order valence-electron chi connectivity index (χ2n) is 7.91. The van der Waals surface area contributed by atoms with E-state index in [1.807, 2.05) is 29.2 Å². The van der Waals surface area contributed by atoms with Crippen LogP contribution in [0.4, 0.5) is 0 Å². The Kier molecular flexibility index (Phi) is 4.90. The van der Waals surface area contributed by atoms with Crippen molar-refractivity contribution in [3.05, 3.63) is 89.1 Å². The third-order valence-corrected chi connectivity index (χ3v) is 5.93. The summed E-state index contributed by atoms with van der Waals surface area (Å²) >= 11 is 0. The van der Waals surface area contributed by atoms with Gasteiger partial charge in [-0.25, -0.2) is 4.98 Å². The Hall–Kier alpha value is -2.92. The van der Waals surface area contributed by atoms with Crippen LogP contribution in [0.15, 0.2) is 65.1 Å². The number of fused-ring (bicyclic) bond motifs is 1. The Morgan fingerprint density at radius 2 is 1.83 bits per heavy atom. The summed E-state index contributed by atoms with van der Waals surface area (Å²) in [6.45, 7) is 1.24. The molecule has 2 aliphatic rings. The molecular formula is C24H25N3O2. The molecule has 29 heavy (non-hydrogen) atoms. The average molecular weight is 387 g/mol. The molecule has 5 rings (SSSR count). The van der Waals surface area contributed by atoms with Gasteiger partial charge in [-0.1, -0.05) is 60.7 Å². The third-order valence-electron chi connectivity index (χ3n) is 5.93. The van der Waals surface area contributed by atoms with Crippen molar-refractivity contribution in [3.63, 3.8) is 0 Å². The monoisotopic (exact) mass is 387 g/mol. The molecule has 1 amide bonds. The number of nitrogens with zero attached hydrogens (tertiary/aromatic N) is 2. The fraction of sp³-hybridized carbons (Fsp3) is 0.333. The van der Waals surface area contributed by atoms with Crippen molar-refractivity contribution in [3.8, 4) is 0 Å². The van der Waals surface area contributed by atoms with Crippen molar-refractivity contribution in [1.29, 1.82) is 0 Å². The number of hydrogen-bond donors (Lipinski definition) is 1. The average Bonchev–Trinajstić information content (AvgIpc) is 3.41. The molecule has 5 heteroatoms. The van der Waals surface area contributed by atoms with Crippen molar-refractivity contribution in [2.45, 2.75) is 44.3 Å². The maximum Gasteiger partial charge on any atom is 0.240 e. The number of oxazole rings is 1. The van der Waals surface area contributed by atoms with Crippen molar-refractivity contribution in [1.82, 2.24) is 15.2 Å². The van der Waals surface area contributed by atoms with Crippen LogP contribution in [-0.2, 0) is 24.2 Å². The summed E-state index contributed by atoms with van der Waals surface area (Å²) in [6, 6.07) is 20.7. The third kappa shape index (κ3) is 3.83. The molecule has 0 bridgehead atoms. The molecule has 5 nitrogen and oxygen atoms in total. The Labute approximate surface area is 170 Å². The van der Waals surface area contributed by atoms with Gasteiger partial charge < -0.3 is 9.32 Å². The molecule has 1 saturated heterocycles. The van der Waals surface area contributed by atoms with E-state index in [9.17, 15) is 4.79 Å². The van der Waals surface area contributed by atoms with E-state index in [0.29, 0.717) is 19.5 Å². The first kappa shape index (κ1) is 18.1. The number of hydrogen-bond acceptors (Lipinski definition) is 4. The summed E-state index contributed by atoms with van der Waals surface area (Å²) in [7, 11) is 0. The summed E-state index contributed by atoms with van der Waals surface area (Å²) in [5.74, 6) is 1.85. The topological polar surface area (TPSA) is 58.4 Å². The quantitative estimate of drug-likeness (QED) is 0.743. The molecule has 1 N–H and O–H groups in total. The van der Waals surface area contributed by atoms with E-state index in [1.165, 1.54) is 11.1 Å². The molecular weight excluding hydrogens is 362 g/mol. The lowest BCUT2D eigenvalue weighted by Gasteiger charge is -2.28. The molecule has 148 valence electrons. The van der Waals surface area contributed by atoms with Crippen LogP contribution in [0.25, 0.3) is 0 Å². The second kappa shape index (κ2) is 7.84. The summed E-state index contributed by atoms with van der Waals surface area (Å²) in [4.78, 5) is 19.7. The van der Waals surface area contributed by atoms with Crippen LogP contribution < -0.4 is 5.32 Å². The SMILES string of the molecule is O=C([C@H]1CC[C@H](c2ccccc2)N1)N1CCc2oc(Cc3ccccc3)nc2C1. The molecule has 1 fully saturated rings. The number of aromatic nitrogens is 1. The van der Waals surface area contributed by atoms with E-state index < -0.39 is 0 Å². The lowest BCUT2D eigenvalue weighted by Crippen LogP contribution is -2.45. The lowest BCUT2D eigenvalue weighted by atomic mass is 10.1. The highest BCUT2D eigenvalue weighted by Crippen LogP contribution is 2.28. The highest BCUT2D eigenvalue weighted by Gasteiger charge is 2.34. The molecule has 0 saturated carbocycles. The maximum atomic E-state index is 13.1. The first-order chi connectivity index (χ1) is 14.3. The second-order valence-corrected chi connectivity index (χ2v) is 7.91. The van der Waals surface area contributed by atoms with Crippen molar-refractivity contribution < 1.29 is 9.21 Å². The summed E-state index contributed by atoms with van der Waals surface area (Å²) in [5.41, 5.74) is 3.35. The van der Waals surface area contributed by atoms with Crippen LogP contribution in [-0.4, -0.2) is 28.4 Å². The van der Waals surface area contributed by atoms with Gasteiger partial charge in [0.15, 0.2) is 5.89 Å². The summed E-state index contributed by atoms with van der Waals surface area (Å²) in [6.07, 6.45) is 3.28. The van der Waals surface area contributed by atoms with Gasteiger partial charge in [0.2, 0.25) is 5.91 Å². The van der Waals surface area contributed by atoms with E-state index >= 15 is 0 Å². The lowest BCUT2D eigenvalue weighted by molar-refractivity contribution is -0.134. The molecule has 0 unspecified atom stereocenters. The fourth-order valence-corrected chi connectivity index (χ4v) is 4.39. The molecule has 2 atom stereocenters. The van der Waals surface area contributed by atoms with E-state index in [0.717, 1.165) is 36.6 Å². The van der Waals surface area contributed by atoms with Crippen molar-refractivity contribution >= 4 is 5.91 Å². The van der Waals surface area contributed by atoms with Gasteiger partial charge >= 0.3 is 0 Å². The molecule has 2 aromatic carbocycles. The Bertz CT molecular complexity index is 984. The molecule has 2 aliphatic heterocycles. The van der Waals surface area contributed by atoms with Crippen LogP contribution in [0.2, 0.25) is 0 Å². The number of carbonyl (C=O) groups is 1. The summed E-state index contributed by atoms with van der Waals surface area (Å²) in [5, 5.41) is 3.53. The first-order valence-electron chi connectivity index (χ1n) is 10.4. The molecule has 0 radical (unpaired) electrons. The smallest absolute Gasteiger partial charge is 0.240 e. The number of rotatable bonds is 4. The number of nitrogens with one attached hydrogen (secondary N) is 1. The minimum atomic E-state index is -0.113. The van der Waals surface area contributed by atoms with E-state index in [2.05, 4.69) is 46.7 Å². The fourth-order valence-electron chi connectivity index (χ4n) is 4.39. The van der Waals surface area contributed by atoms with Crippen molar-refractivity contribution in [2.75, 3.05) is 6.54 Å². The minimum Gasteiger partial charge on any atom is -0.445 e. The van der Waals surface area contributed by atoms with Gasteiger partial charge in [0, 0.05) is 25.4 Å². The normalized spacial score (nSPS) is 21.2.